The lowest BCUT2D eigenvalue weighted by atomic mass is 10.1. The van der Waals surface area contributed by atoms with E-state index < -0.39 is 5.97 Å². The van der Waals surface area contributed by atoms with Crippen LogP contribution in [-0.2, 0) is 24.2 Å². The highest BCUT2D eigenvalue weighted by Gasteiger charge is 2.09. The number of methoxy groups -OCH3 is 2. The maximum Gasteiger partial charge on any atom is 0.303 e. The van der Waals surface area contributed by atoms with Crippen LogP contribution >= 0.6 is 0 Å². The first kappa shape index (κ1) is 16.7. The van der Waals surface area contributed by atoms with Crippen LogP contribution in [0.2, 0.25) is 0 Å². The molecule has 23 heavy (non-hydrogen) atoms. The first-order valence-corrected chi connectivity index (χ1v) is 7.31. The average Bonchev–Trinajstić information content (AvgIpc) is 2.99. The van der Waals surface area contributed by atoms with Crippen molar-refractivity contribution in [2.75, 3.05) is 14.2 Å². The second kappa shape index (κ2) is 8.11. The van der Waals surface area contributed by atoms with Crippen LogP contribution in [0, 0.1) is 0 Å². The fourth-order valence-electron chi connectivity index (χ4n) is 2.25. The molecule has 0 radical (unpaired) electrons. The maximum atomic E-state index is 10.6. The third-order valence-corrected chi connectivity index (χ3v) is 3.45. The molecule has 8 nitrogen and oxygen atoms in total. The number of aryl methyl sites for hydroxylation is 3. The van der Waals surface area contributed by atoms with E-state index in [2.05, 4.69) is 15.5 Å². The Hall–Kier alpha value is -2.64. The minimum Gasteiger partial charge on any atom is -0.493 e. The summed E-state index contributed by atoms with van der Waals surface area (Å²) in [6.45, 7) is 0.501. The van der Waals surface area contributed by atoms with Crippen molar-refractivity contribution in [3.63, 3.8) is 0 Å². The van der Waals surface area contributed by atoms with Crippen molar-refractivity contribution in [2.45, 2.75) is 32.2 Å². The van der Waals surface area contributed by atoms with Crippen LogP contribution in [-0.4, -0.2) is 45.5 Å². The van der Waals surface area contributed by atoms with Crippen molar-refractivity contribution >= 4 is 5.97 Å². The fraction of sp³-hybridized carbons (Fsp3) is 0.467. The smallest absolute Gasteiger partial charge is 0.303 e. The highest BCUT2D eigenvalue weighted by atomic mass is 16.5. The standard InChI is InChI=1S/C15H20N4O4/c1-22-12-7-5-11(10-13(12)23-2)6-8-14-16-17-18-19(14)9-3-4-15(20)21/h5,7,10H,3-4,6,8-9H2,1-2H3,(H,20,21). The molecule has 0 amide bonds. The number of carbonyl (C=O) groups is 1. The van der Waals surface area contributed by atoms with E-state index in [0.717, 1.165) is 17.8 Å². The van der Waals surface area contributed by atoms with Gasteiger partial charge in [0.2, 0.25) is 0 Å². The normalized spacial score (nSPS) is 10.5. The maximum absolute atomic E-state index is 10.6. The fourth-order valence-corrected chi connectivity index (χ4v) is 2.25. The third-order valence-electron chi connectivity index (χ3n) is 3.45. The van der Waals surface area contributed by atoms with Gasteiger partial charge in [0, 0.05) is 19.4 Å². The Labute approximate surface area is 134 Å². The molecule has 0 spiro atoms. The van der Waals surface area contributed by atoms with Crippen LogP contribution in [0.1, 0.15) is 24.2 Å². The summed E-state index contributed by atoms with van der Waals surface area (Å²) < 4.78 is 12.2. The van der Waals surface area contributed by atoms with Gasteiger partial charge >= 0.3 is 5.97 Å². The van der Waals surface area contributed by atoms with Gasteiger partial charge in [0.25, 0.3) is 0 Å². The molecule has 0 bridgehead atoms. The number of rotatable bonds is 9. The predicted octanol–water partition coefficient (Wildman–Crippen LogP) is 1.34. The number of hydrogen-bond acceptors (Lipinski definition) is 6. The summed E-state index contributed by atoms with van der Waals surface area (Å²) in [4.78, 5) is 10.6. The van der Waals surface area contributed by atoms with Crippen LogP contribution in [0.4, 0.5) is 0 Å². The third kappa shape index (κ3) is 4.67. The summed E-state index contributed by atoms with van der Waals surface area (Å²) in [6, 6.07) is 5.77. The van der Waals surface area contributed by atoms with E-state index in [1.165, 1.54) is 0 Å². The topological polar surface area (TPSA) is 99.4 Å². The zero-order valence-electron chi connectivity index (χ0n) is 13.2. The quantitative estimate of drug-likeness (QED) is 0.744. The first-order chi connectivity index (χ1) is 11.1. The Morgan fingerprint density at radius 2 is 2.00 bits per heavy atom. The number of aromatic nitrogens is 4. The largest absolute Gasteiger partial charge is 0.493 e. The minimum absolute atomic E-state index is 0.106. The molecule has 0 aliphatic heterocycles. The summed E-state index contributed by atoms with van der Waals surface area (Å²) in [5.41, 5.74) is 1.09. The Balaban J connectivity index is 1.96. The number of benzene rings is 1. The van der Waals surface area contributed by atoms with Gasteiger partial charge in [0.05, 0.1) is 14.2 Å². The summed E-state index contributed by atoms with van der Waals surface area (Å²) in [5.74, 6) is 1.30. The number of aliphatic carboxylic acids is 1. The van der Waals surface area contributed by atoms with Gasteiger partial charge in [0.1, 0.15) is 0 Å². The minimum atomic E-state index is -0.815. The number of nitrogens with zero attached hydrogens (tertiary/aromatic N) is 4. The molecule has 0 saturated heterocycles. The van der Waals surface area contributed by atoms with Crippen LogP contribution < -0.4 is 9.47 Å². The molecule has 2 rings (SSSR count). The monoisotopic (exact) mass is 320 g/mol. The molecule has 0 aliphatic rings. The molecule has 1 aromatic heterocycles. The van der Waals surface area contributed by atoms with Gasteiger partial charge in [0.15, 0.2) is 17.3 Å². The van der Waals surface area contributed by atoms with Gasteiger partial charge in [-0.05, 0) is 41.0 Å². The molecular weight excluding hydrogens is 300 g/mol. The molecule has 8 heteroatoms. The number of carboxylic acid groups (broad SMARTS) is 1. The zero-order chi connectivity index (χ0) is 16.7. The summed E-state index contributed by atoms with van der Waals surface area (Å²) in [7, 11) is 3.20. The molecule has 0 fully saturated rings. The van der Waals surface area contributed by atoms with Crippen LogP contribution in [0.5, 0.6) is 11.5 Å². The first-order valence-electron chi connectivity index (χ1n) is 7.31. The van der Waals surface area contributed by atoms with E-state index in [1.807, 2.05) is 18.2 Å². The van der Waals surface area contributed by atoms with E-state index in [9.17, 15) is 4.79 Å². The molecule has 0 saturated carbocycles. The highest BCUT2D eigenvalue weighted by molar-refractivity contribution is 5.66. The SMILES string of the molecule is COc1ccc(CCc2nnnn2CCCC(=O)O)cc1OC. The lowest BCUT2D eigenvalue weighted by molar-refractivity contribution is -0.137. The van der Waals surface area contributed by atoms with Gasteiger partial charge in [-0.3, -0.25) is 4.79 Å². The van der Waals surface area contributed by atoms with E-state index in [4.69, 9.17) is 14.6 Å². The van der Waals surface area contributed by atoms with Gasteiger partial charge < -0.3 is 14.6 Å². The summed E-state index contributed by atoms with van der Waals surface area (Å²) >= 11 is 0. The lowest BCUT2D eigenvalue weighted by Gasteiger charge is -2.09. The molecule has 1 heterocycles. The van der Waals surface area contributed by atoms with Crippen molar-refractivity contribution in [1.82, 2.24) is 20.2 Å². The van der Waals surface area contributed by atoms with Crippen LogP contribution in [0.15, 0.2) is 18.2 Å². The van der Waals surface area contributed by atoms with Crippen molar-refractivity contribution in [3.8, 4) is 11.5 Å². The van der Waals surface area contributed by atoms with Gasteiger partial charge in [-0.15, -0.1) is 5.10 Å². The van der Waals surface area contributed by atoms with Crippen molar-refractivity contribution < 1.29 is 19.4 Å². The predicted molar refractivity (Wildman–Crippen MR) is 81.6 cm³/mol. The van der Waals surface area contributed by atoms with Crippen molar-refractivity contribution in [2.24, 2.45) is 0 Å². The van der Waals surface area contributed by atoms with E-state index in [0.29, 0.717) is 30.9 Å². The number of carboxylic acids is 1. The highest BCUT2D eigenvalue weighted by Crippen LogP contribution is 2.27. The van der Waals surface area contributed by atoms with E-state index in [1.54, 1.807) is 18.9 Å². The lowest BCUT2D eigenvalue weighted by Crippen LogP contribution is -2.09. The molecule has 1 N–H and O–H groups in total. The van der Waals surface area contributed by atoms with Crippen molar-refractivity contribution in [3.05, 3.63) is 29.6 Å². The summed E-state index contributed by atoms with van der Waals surface area (Å²) in [5, 5.41) is 20.2. The molecule has 0 unspecified atom stereocenters. The van der Waals surface area contributed by atoms with Crippen molar-refractivity contribution in [1.29, 1.82) is 0 Å². The second-order valence-electron chi connectivity index (χ2n) is 5.00. The van der Waals surface area contributed by atoms with Crippen LogP contribution in [0.3, 0.4) is 0 Å². The van der Waals surface area contributed by atoms with Gasteiger partial charge in [-0.2, -0.15) is 0 Å². The van der Waals surface area contributed by atoms with E-state index >= 15 is 0 Å². The Morgan fingerprint density at radius 1 is 1.22 bits per heavy atom. The molecule has 0 atom stereocenters. The van der Waals surface area contributed by atoms with Gasteiger partial charge in [-0.25, -0.2) is 4.68 Å². The molecule has 1 aromatic carbocycles. The molecule has 2 aromatic rings. The summed E-state index contributed by atoms with van der Waals surface area (Å²) in [6.07, 6.45) is 2.02. The molecule has 0 aliphatic carbocycles. The number of hydrogen-bond donors (Lipinski definition) is 1. The van der Waals surface area contributed by atoms with Gasteiger partial charge in [-0.1, -0.05) is 6.07 Å². The van der Waals surface area contributed by atoms with E-state index in [-0.39, 0.29) is 6.42 Å². The number of ether oxygens (including phenoxy) is 2. The Morgan fingerprint density at radius 3 is 2.70 bits per heavy atom. The molecular formula is C15H20N4O4. The zero-order valence-corrected chi connectivity index (χ0v) is 13.2. The Kier molecular flexibility index (Phi) is 5.90. The average molecular weight is 320 g/mol. The van der Waals surface area contributed by atoms with Crippen LogP contribution in [0.25, 0.3) is 0 Å². The second-order valence-corrected chi connectivity index (χ2v) is 5.00. The Bertz CT molecular complexity index is 657. The number of tetrazole rings is 1. The molecule has 124 valence electrons.